The second-order valence-corrected chi connectivity index (χ2v) is 15.5. The van der Waals surface area contributed by atoms with Crippen molar-refractivity contribution in [3.63, 3.8) is 0 Å². The molecule has 17 heteroatoms. The molecule has 2 amide bonds. The zero-order valence-electron chi connectivity index (χ0n) is 29.0. The van der Waals surface area contributed by atoms with Crippen molar-refractivity contribution in [2.45, 2.75) is 69.8 Å². The molecular formula is C35H37F3N8O5S. The van der Waals surface area contributed by atoms with Crippen molar-refractivity contribution in [1.82, 2.24) is 24.8 Å². The van der Waals surface area contributed by atoms with E-state index in [0.717, 1.165) is 36.8 Å². The first-order chi connectivity index (χ1) is 24.7. The minimum atomic E-state index is -1.05. The maximum atomic E-state index is 17.0. The van der Waals surface area contributed by atoms with E-state index in [9.17, 15) is 24.3 Å². The standard InChI is InChI=1S/C35H37F3N8O5S/c1-34(2,3)51-32(47)43-30-21(13-39)24-20(6-7-23(37)28(24)52-30)26-25(38)27-22(14-40-26)29(44(4)19-8-11-45(16-19)33(48)49)42-31(41-27)50-17-35-9-5-10-46(35)15-18(36)12-35/h6-7,14,18-19H,5,8-12,15-17H2,1-4H3,(H,43,47)(H,48,49)/t18-,19-,35+/m1/s1. The van der Waals surface area contributed by atoms with Crippen LogP contribution in [0.15, 0.2) is 18.3 Å². The Morgan fingerprint density at radius 2 is 2.02 bits per heavy atom. The average molecular weight is 739 g/mol. The van der Waals surface area contributed by atoms with Crippen molar-refractivity contribution in [3.8, 4) is 23.3 Å². The van der Waals surface area contributed by atoms with Gasteiger partial charge in [0.2, 0.25) is 0 Å². The van der Waals surface area contributed by atoms with Gasteiger partial charge in [-0.15, -0.1) is 11.3 Å². The minimum absolute atomic E-state index is 0.000797. The molecule has 0 aliphatic carbocycles. The zero-order chi connectivity index (χ0) is 37.1. The van der Waals surface area contributed by atoms with E-state index in [1.54, 1.807) is 32.7 Å². The van der Waals surface area contributed by atoms with E-state index in [1.165, 1.54) is 17.2 Å². The van der Waals surface area contributed by atoms with E-state index in [2.05, 4.69) is 25.2 Å². The lowest BCUT2D eigenvalue weighted by molar-refractivity contribution is 0.0636. The van der Waals surface area contributed by atoms with E-state index in [0.29, 0.717) is 25.9 Å². The van der Waals surface area contributed by atoms with Gasteiger partial charge < -0.3 is 24.4 Å². The van der Waals surface area contributed by atoms with Gasteiger partial charge in [-0.05, 0) is 58.7 Å². The molecule has 52 heavy (non-hydrogen) atoms. The molecule has 3 aliphatic rings. The van der Waals surface area contributed by atoms with Gasteiger partial charge in [-0.3, -0.25) is 15.2 Å². The molecule has 4 aromatic rings. The quantitative estimate of drug-likeness (QED) is 0.212. The Kier molecular flexibility index (Phi) is 9.02. The molecule has 13 nitrogen and oxygen atoms in total. The molecule has 2 N–H and O–H groups in total. The number of alkyl halides is 1. The molecule has 0 saturated carbocycles. The lowest BCUT2D eigenvalue weighted by Crippen LogP contribution is -2.43. The smallest absolute Gasteiger partial charge is 0.412 e. The van der Waals surface area contributed by atoms with Gasteiger partial charge in [0.25, 0.3) is 0 Å². The van der Waals surface area contributed by atoms with Gasteiger partial charge in [0, 0.05) is 56.3 Å². The third-order valence-corrected chi connectivity index (χ3v) is 11.1. The lowest BCUT2D eigenvalue weighted by atomic mass is 9.95. The largest absolute Gasteiger partial charge is 0.465 e. The number of nitrogens with one attached hydrogen (secondary N) is 1. The van der Waals surface area contributed by atoms with Gasteiger partial charge in [-0.2, -0.15) is 15.2 Å². The number of likely N-dealkylation sites (tertiary alicyclic amines) is 1. The van der Waals surface area contributed by atoms with Crippen molar-refractivity contribution in [2.24, 2.45) is 0 Å². The summed E-state index contributed by atoms with van der Waals surface area (Å²) in [4.78, 5) is 43.0. The number of nitriles is 1. The summed E-state index contributed by atoms with van der Waals surface area (Å²) in [6.45, 7) is 6.67. The minimum Gasteiger partial charge on any atom is -0.465 e. The topological polar surface area (TPSA) is 157 Å². The Hall–Kier alpha value is -4.95. The summed E-state index contributed by atoms with van der Waals surface area (Å²) in [5.41, 5.74) is -1.78. The number of likely N-dealkylation sites (N-methyl/N-ethyl adjacent to an activating group) is 1. The fourth-order valence-electron chi connectivity index (χ4n) is 7.56. The molecular weight excluding hydrogens is 701 g/mol. The number of hydrogen-bond acceptors (Lipinski definition) is 11. The van der Waals surface area contributed by atoms with E-state index < -0.39 is 41.1 Å². The number of thiophene rings is 1. The number of nitrogens with zero attached hydrogens (tertiary/aromatic N) is 7. The van der Waals surface area contributed by atoms with Crippen LogP contribution in [0.25, 0.3) is 32.2 Å². The number of carboxylic acid groups (broad SMARTS) is 1. The molecule has 1 aromatic carbocycles. The maximum Gasteiger partial charge on any atom is 0.412 e. The highest BCUT2D eigenvalue weighted by atomic mass is 32.1. The summed E-state index contributed by atoms with van der Waals surface area (Å²) >= 11 is 0.810. The number of halogens is 3. The summed E-state index contributed by atoms with van der Waals surface area (Å²) in [6, 6.07) is 4.01. The number of benzene rings is 1. The monoisotopic (exact) mass is 738 g/mol. The molecule has 0 unspecified atom stereocenters. The van der Waals surface area contributed by atoms with E-state index in [4.69, 9.17) is 9.47 Å². The first kappa shape index (κ1) is 35.5. The summed E-state index contributed by atoms with van der Waals surface area (Å²) in [5.74, 6) is -1.32. The first-order valence-corrected chi connectivity index (χ1v) is 17.7. The summed E-state index contributed by atoms with van der Waals surface area (Å²) in [5, 5.41) is 22.6. The Labute approximate surface area is 300 Å². The second-order valence-electron chi connectivity index (χ2n) is 14.5. The third kappa shape index (κ3) is 6.38. The van der Waals surface area contributed by atoms with Crippen molar-refractivity contribution in [1.29, 1.82) is 5.26 Å². The highest BCUT2D eigenvalue weighted by molar-refractivity contribution is 7.23. The van der Waals surface area contributed by atoms with Gasteiger partial charge in [-0.25, -0.2) is 22.8 Å². The van der Waals surface area contributed by atoms with Crippen LogP contribution in [0, 0.1) is 23.0 Å². The van der Waals surface area contributed by atoms with Crippen molar-refractivity contribution < 1.29 is 37.3 Å². The number of carbonyl (C=O) groups is 2. The number of rotatable bonds is 7. The van der Waals surface area contributed by atoms with Crippen LogP contribution in [0.1, 0.15) is 52.0 Å². The molecule has 3 aliphatic heterocycles. The number of fused-ring (bicyclic) bond motifs is 3. The Morgan fingerprint density at radius 1 is 1.23 bits per heavy atom. The Bertz CT molecular complexity index is 2140. The molecule has 274 valence electrons. The zero-order valence-corrected chi connectivity index (χ0v) is 29.8. The normalized spacial score (nSPS) is 21.8. The average Bonchev–Trinajstić information content (AvgIpc) is 3.86. The Morgan fingerprint density at radius 3 is 2.73 bits per heavy atom. The Balaban J connectivity index is 1.33. The molecule has 0 bridgehead atoms. The van der Waals surface area contributed by atoms with Gasteiger partial charge >= 0.3 is 18.2 Å². The maximum absolute atomic E-state index is 17.0. The summed E-state index contributed by atoms with van der Waals surface area (Å²) in [7, 11) is 1.72. The molecule has 3 fully saturated rings. The van der Waals surface area contributed by atoms with E-state index in [-0.39, 0.29) is 73.8 Å². The van der Waals surface area contributed by atoms with Crippen LogP contribution in [0.4, 0.5) is 33.6 Å². The molecule has 0 radical (unpaired) electrons. The summed E-state index contributed by atoms with van der Waals surface area (Å²) < 4.78 is 58.2. The second kappa shape index (κ2) is 13.2. The van der Waals surface area contributed by atoms with E-state index in [1.807, 2.05) is 6.07 Å². The van der Waals surface area contributed by atoms with Crippen LogP contribution >= 0.6 is 11.3 Å². The predicted molar refractivity (Wildman–Crippen MR) is 188 cm³/mol. The predicted octanol–water partition coefficient (Wildman–Crippen LogP) is 6.55. The molecule has 3 aromatic heterocycles. The number of amides is 2. The van der Waals surface area contributed by atoms with Crippen LogP contribution in [-0.4, -0.2) is 105 Å². The van der Waals surface area contributed by atoms with Gasteiger partial charge in [0.1, 0.15) is 52.3 Å². The van der Waals surface area contributed by atoms with Crippen molar-refractivity contribution in [3.05, 3.63) is 35.5 Å². The van der Waals surface area contributed by atoms with Crippen LogP contribution < -0.4 is 15.0 Å². The van der Waals surface area contributed by atoms with Crippen LogP contribution in [0.3, 0.4) is 0 Å². The molecule has 0 spiro atoms. The van der Waals surface area contributed by atoms with E-state index >= 15 is 8.78 Å². The number of anilines is 2. The number of ether oxygens (including phenoxy) is 2. The van der Waals surface area contributed by atoms with Crippen LogP contribution in [0.2, 0.25) is 0 Å². The SMILES string of the molecule is CN(c1nc(OC[C@@]23CCCN2C[C@H](F)C3)nc2c(F)c(-c3ccc(F)c4sc(NC(=O)OC(C)(C)C)c(C#N)c34)ncc12)[C@@H]1CCN(C(=O)O)C1. The third-order valence-electron chi connectivity index (χ3n) is 9.96. The van der Waals surface area contributed by atoms with Gasteiger partial charge in [0.15, 0.2) is 5.82 Å². The number of aromatic nitrogens is 3. The lowest BCUT2D eigenvalue weighted by Gasteiger charge is -2.31. The molecule has 3 saturated heterocycles. The molecule has 7 rings (SSSR count). The number of pyridine rings is 1. The van der Waals surface area contributed by atoms with Gasteiger partial charge in [0.05, 0.1) is 21.2 Å². The van der Waals surface area contributed by atoms with Crippen LogP contribution in [0.5, 0.6) is 6.01 Å². The fourth-order valence-corrected chi connectivity index (χ4v) is 8.62. The van der Waals surface area contributed by atoms with Crippen LogP contribution in [-0.2, 0) is 4.74 Å². The highest BCUT2D eigenvalue weighted by Gasteiger charge is 2.49. The highest BCUT2D eigenvalue weighted by Crippen LogP contribution is 2.44. The fraction of sp³-hybridized carbons (Fsp3) is 0.486. The molecule has 6 heterocycles. The first-order valence-electron chi connectivity index (χ1n) is 16.9. The van der Waals surface area contributed by atoms with Gasteiger partial charge in [-0.1, -0.05) is 0 Å². The van der Waals surface area contributed by atoms with Crippen molar-refractivity contribution >= 4 is 55.3 Å². The molecule has 3 atom stereocenters. The summed E-state index contributed by atoms with van der Waals surface area (Å²) in [6.07, 6.45) is 0.918. The van der Waals surface area contributed by atoms with Crippen molar-refractivity contribution in [2.75, 3.05) is 50.1 Å². The number of hydrogen-bond donors (Lipinski definition) is 2. The number of carbonyl (C=O) groups excluding carboxylic acids is 1.